The molecule has 196 valence electrons. The number of fused-ring (bicyclic) bond motifs is 2. The zero-order valence-electron chi connectivity index (χ0n) is 21.8. The SMILES string of the molecule is Cc1cc(C(=O)NC2C[C@H]3CC[C@@H](C2)N3c2ccc(C(=O)N[C@H]3CCN(C)C3)cn2)c(C)cc1C(N)=O. The second-order valence-corrected chi connectivity index (χ2v) is 10.9. The molecule has 2 bridgehead atoms. The van der Waals surface area contributed by atoms with Crippen molar-refractivity contribution in [1.82, 2.24) is 20.5 Å². The van der Waals surface area contributed by atoms with E-state index in [1.165, 1.54) is 0 Å². The van der Waals surface area contributed by atoms with E-state index in [0.717, 1.165) is 56.6 Å². The van der Waals surface area contributed by atoms with Gasteiger partial charge >= 0.3 is 0 Å². The quantitative estimate of drug-likeness (QED) is 0.555. The third kappa shape index (κ3) is 5.18. The summed E-state index contributed by atoms with van der Waals surface area (Å²) in [5.74, 6) is 0.220. The van der Waals surface area contributed by atoms with Crippen LogP contribution in [0.5, 0.6) is 0 Å². The van der Waals surface area contributed by atoms with Crippen LogP contribution in [0.2, 0.25) is 0 Å². The van der Waals surface area contributed by atoms with E-state index in [4.69, 9.17) is 5.73 Å². The molecule has 0 spiro atoms. The number of likely N-dealkylation sites (tertiary alicyclic amines) is 1. The Hall–Kier alpha value is -3.46. The van der Waals surface area contributed by atoms with Gasteiger partial charge < -0.3 is 26.2 Å². The number of likely N-dealkylation sites (N-methyl/N-ethyl adjacent to an activating group) is 1. The van der Waals surface area contributed by atoms with Crippen molar-refractivity contribution in [2.75, 3.05) is 25.0 Å². The number of pyridine rings is 1. The van der Waals surface area contributed by atoms with E-state index in [-0.39, 0.29) is 23.9 Å². The molecule has 3 aliphatic rings. The number of primary amides is 1. The second kappa shape index (κ2) is 10.1. The van der Waals surface area contributed by atoms with Crippen molar-refractivity contribution in [3.05, 3.63) is 58.3 Å². The van der Waals surface area contributed by atoms with Crippen molar-refractivity contribution in [2.24, 2.45) is 5.73 Å². The summed E-state index contributed by atoms with van der Waals surface area (Å²) in [4.78, 5) is 46.6. The first-order valence-corrected chi connectivity index (χ1v) is 13.1. The van der Waals surface area contributed by atoms with Crippen molar-refractivity contribution in [1.29, 1.82) is 0 Å². The summed E-state index contributed by atoms with van der Waals surface area (Å²) in [6, 6.07) is 8.12. The number of amides is 3. The monoisotopic (exact) mass is 504 g/mol. The number of piperidine rings is 1. The topological polar surface area (TPSA) is 121 Å². The van der Waals surface area contributed by atoms with Gasteiger partial charge in [-0.1, -0.05) is 0 Å². The maximum atomic E-state index is 13.1. The average Bonchev–Trinajstić information content (AvgIpc) is 3.39. The Bertz CT molecular complexity index is 1200. The number of hydrogen-bond acceptors (Lipinski definition) is 6. The van der Waals surface area contributed by atoms with Gasteiger partial charge in [0.25, 0.3) is 11.8 Å². The largest absolute Gasteiger partial charge is 0.366 e. The van der Waals surface area contributed by atoms with E-state index in [1.54, 1.807) is 25.3 Å². The standard InChI is InChI=1S/C28H36N6O3/c1-16-11-24(17(2)10-23(16)26(29)35)28(37)32-20-12-21-5-6-22(13-20)34(21)25-7-4-18(14-30-25)27(36)31-19-8-9-33(3)15-19/h4,7,10-11,14,19-22H,5-6,8-9,12-13,15H2,1-3H3,(H2,29,35)(H,31,36)(H,32,37)/t19-,20?,21-,22+/m0/s1. The number of benzene rings is 1. The summed E-state index contributed by atoms with van der Waals surface area (Å²) in [6.07, 6.45) is 6.46. The summed E-state index contributed by atoms with van der Waals surface area (Å²) in [5.41, 5.74) is 8.51. The Morgan fingerprint density at radius 3 is 2.16 bits per heavy atom. The molecule has 1 unspecified atom stereocenters. The Labute approximate surface area is 217 Å². The second-order valence-electron chi connectivity index (χ2n) is 10.9. The van der Waals surface area contributed by atoms with Crippen LogP contribution in [-0.4, -0.2) is 71.9 Å². The first-order chi connectivity index (χ1) is 17.7. The number of rotatable bonds is 6. The third-order valence-electron chi connectivity index (χ3n) is 8.15. The number of aryl methyl sites for hydroxylation is 2. The summed E-state index contributed by atoms with van der Waals surface area (Å²) >= 11 is 0. The van der Waals surface area contributed by atoms with Crippen LogP contribution in [0.4, 0.5) is 5.82 Å². The van der Waals surface area contributed by atoms with E-state index in [1.807, 2.05) is 19.1 Å². The number of carbonyl (C=O) groups excluding carboxylic acids is 3. The zero-order valence-corrected chi connectivity index (χ0v) is 21.8. The fourth-order valence-electron chi connectivity index (χ4n) is 6.25. The molecule has 1 aromatic carbocycles. The number of carbonyl (C=O) groups is 3. The molecule has 9 heteroatoms. The molecule has 3 fully saturated rings. The molecule has 5 rings (SSSR count). The van der Waals surface area contributed by atoms with Gasteiger partial charge in [-0.3, -0.25) is 14.4 Å². The fraction of sp³-hybridized carbons (Fsp3) is 0.500. The van der Waals surface area contributed by atoms with E-state index in [9.17, 15) is 14.4 Å². The lowest BCUT2D eigenvalue weighted by Gasteiger charge is -2.40. The highest BCUT2D eigenvalue weighted by Crippen LogP contribution is 2.38. The molecule has 4 N–H and O–H groups in total. The molecule has 1 aromatic heterocycles. The van der Waals surface area contributed by atoms with Gasteiger partial charge in [-0.15, -0.1) is 0 Å². The lowest BCUT2D eigenvalue weighted by atomic mass is 9.95. The number of hydrogen-bond donors (Lipinski definition) is 3. The summed E-state index contributed by atoms with van der Waals surface area (Å²) in [6.45, 7) is 5.51. The minimum Gasteiger partial charge on any atom is -0.366 e. The van der Waals surface area contributed by atoms with Gasteiger partial charge in [0.1, 0.15) is 5.82 Å². The molecule has 4 heterocycles. The first-order valence-electron chi connectivity index (χ1n) is 13.1. The molecule has 0 aliphatic carbocycles. The van der Waals surface area contributed by atoms with Gasteiger partial charge in [0.15, 0.2) is 0 Å². The number of nitrogens with two attached hydrogens (primary N) is 1. The molecule has 3 amide bonds. The van der Waals surface area contributed by atoms with E-state index >= 15 is 0 Å². The van der Waals surface area contributed by atoms with E-state index in [0.29, 0.717) is 34.3 Å². The number of nitrogens with one attached hydrogen (secondary N) is 2. The highest BCUT2D eigenvalue weighted by atomic mass is 16.2. The molecule has 0 radical (unpaired) electrons. The van der Waals surface area contributed by atoms with Crippen LogP contribution in [0.3, 0.4) is 0 Å². The minimum atomic E-state index is -0.486. The predicted octanol–water partition coefficient (Wildman–Crippen LogP) is 2.16. The number of nitrogens with zero attached hydrogens (tertiary/aromatic N) is 3. The molecule has 2 aromatic rings. The van der Waals surface area contributed by atoms with Crippen LogP contribution >= 0.6 is 0 Å². The van der Waals surface area contributed by atoms with Crippen LogP contribution in [0, 0.1) is 13.8 Å². The summed E-state index contributed by atoms with van der Waals surface area (Å²) in [5, 5.41) is 6.34. The molecular weight excluding hydrogens is 468 g/mol. The molecule has 9 nitrogen and oxygen atoms in total. The van der Waals surface area contributed by atoms with Crippen molar-refractivity contribution in [2.45, 2.75) is 70.1 Å². The van der Waals surface area contributed by atoms with Gasteiger partial charge in [0.05, 0.1) is 5.56 Å². The van der Waals surface area contributed by atoms with Crippen LogP contribution in [0.25, 0.3) is 0 Å². The smallest absolute Gasteiger partial charge is 0.253 e. The van der Waals surface area contributed by atoms with Gasteiger partial charge in [0.2, 0.25) is 5.91 Å². The van der Waals surface area contributed by atoms with Crippen molar-refractivity contribution in [3.8, 4) is 0 Å². The Kier molecular flexibility index (Phi) is 6.90. The molecule has 3 aliphatic heterocycles. The average molecular weight is 505 g/mol. The Morgan fingerprint density at radius 2 is 1.57 bits per heavy atom. The summed E-state index contributed by atoms with van der Waals surface area (Å²) < 4.78 is 0. The fourth-order valence-corrected chi connectivity index (χ4v) is 6.25. The molecule has 37 heavy (non-hydrogen) atoms. The van der Waals surface area contributed by atoms with Crippen LogP contribution in [-0.2, 0) is 0 Å². The van der Waals surface area contributed by atoms with Gasteiger partial charge in [-0.05, 0) is 94.9 Å². The summed E-state index contributed by atoms with van der Waals surface area (Å²) in [7, 11) is 2.07. The first kappa shape index (κ1) is 25.2. The molecule has 0 saturated carbocycles. The maximum absolute atomic E-state index is 13.1. The molecular formula is C28H36N6O3. The lowest BCUT2D eigenvalue weighted by molar-refractivity contribution is 0.0921. The van der Waals surface area contributed by atoms with Crippen LogP contribution < -0.4 is 21.3 Å². The van der Waals surface area contributed by atoms with Gasteiger partial charge in [-0.2, -0.15) is 0 Å². The van der Waals surface area contributed by atoms with E-state index in [2.05, 4.69) is 32.5 Å². The highest BCUT2D eigenvalue weighted by Gasteiger charge is 2.42. The highest BCUT2D eigenvalue weighted by molar-refractivity contribution is 5.99. The maximum Gasteiger partial charge on any atom is 0.253 e. The minimum absolute atomic E-state index is 0.0712. The van der Waals surface area contributed by atoms with Gasteiger partial charge in [0, 0.05) is 48.0 Å². The van der Waals surface area contributed by atoms with Crippen LogP contribution in [0.1, 0.15) is 74.3 Å². The third-order valence-corrected chi connectivity index (χ3v) is 8.15. The normalized spacial score (nSPS) is 25.2. The Morgan fingerprint density at radius 1 is 0.919 bits per heavy atom. The molecule has 3 saturated heterocycles. The van der Waals surface area contributed by atoms with Crippen molar-refractivity contribution in [3.63, 3.8) is 0 Å². The van der Waals surface area contributed by atoms with Crippen molar-refractivity contribution < 1.29 is 14.4 Å². The Balaban J connectivity index is 1.21. The zero-order chi connectivity index (χ0) is 26.3. The number of anilines is 1. The van der Waals surface area contributed by atoms with E-state index < -0.39 is 5.91 Å². The molecule has 4 atom stereocenters. The number of aromatic nitrogens is 1. The lowest BCUT2D eigenvalue weighted by Crippen LogP contribution is -2.51. The van der Waals surface area contributed by atoms with Crippen molar-refractivity contribution >= 4 is 23.5 Å². The van der Waals surface area contributed by atoms with Crippen LogP contribution in [0.15, 0.2) is 30.5 Å². The van der Waals surface area contributed by atoms with Gasteiger partial charge in [-0.25, -0.2) is 4.98 Å². The predicted molar refractivity (Wildman–Crippen MR) is 142 cm³/mol.